The fourth-order valence-corrected chi connectivity index (χ4v) is 1.96. The Hall–Kier alpha value is -2.56. The fraction of sp³-hybridized carbons (Fsp3) is 0.333. The van der Waals surface area contributed by atoms with Crippen LogP contribution in [0.25, 0.3) is 11.1 Å². The summed E-state index contributed by atoms with van der Waals surface area (Å²) in [5.41, 5.74) is 2.80. The summed E-state index contributed by atoms with van der Waals surface area (Å²) in [6.07, 6.45) is 1.67. The molecule has 1 aromatic heterocycles. The predicted octanol–water partition coefficient (Wildman–Crippen LogP) is 4.17. The maximum atomic E-state index is 11.7. The molecule has 1 atom stereocenters. The van der Waals surface area contributed by atoms with Gasteiger partial charge in [-0.1, -0.05) is 38.1 Å². The van der Waals surface area contributed by atoms with E-state index < -0.39 is 0 Å². The Morgan fingerprint density at radius 2 is 1.91 bits per heavy atom. The van der Waals surface area contributed by atoms with Gasteiger partial charge in [-0.05, 0) is 37.8 Å². The Bertz CT molecular complexity index is 639. The molecule has 0 bridgehead atoms. The molecule has 0 amide bonds. The van der Waals surface area contributed by atoms with Crippen LogP contribution in [-0.2, 0) is 9.53 Å². The van der Waals surface area contributed by atoms with Gasteiger partial charge < -0.3 is 4.74 Å². The number of aliphatic imine (C=N–C) groups is 1. The molecule has 0 saturated carbocycles. The zero-order valence-electron chi connectivity index (χ0n) is 14.1. The molecule has 0 aliphatic rings. The van der Waals surface area contributed by atoms with Crippen molar-refractivity contribution in [3.8, 4) is 11.1 Å². The van der Waals surface area contributed by atoms with Gasteiger partial charge in [0.1, 0.15) is 0 Å². The minimum atomic E-state index is -0.278. The van der Waals surface area contributed by atoms with Crippen molar-refractivity contribution in [3.63, 3.8) is 0 Å². The number of ether oxygens (including phenoxy) is 1. The van der Waals surface area contributed by atoms with E-state index in [-0.39, 0.29) is 11.9 Å². The van der Waals surface area contributed by atoms with E-state index in [0.717, 1.165) is 16.7 Å². The lowest BCUT2D eigenvalue weighted by Crippen LogP contribution is -2.12. The number of carbonyl (C=O) groups is 1. The predicted molar refractivity (Wildman–Crippen MR) is 93.1 cm³/mol. The normalized spacial score (nSPS) is 11.0. The summed E-state index contributed by atoms with van der Waals surface area (Å²) in [6, 6.07) is 9.52. The molecule has 1 aromatic carbocycles. The van der Waals surface area contributed by atoms with Crippen LogP contribution < -0.4 is 0 Å². The zero-order valence-corrected chi connectivity index (χ0v) is 14.1. The molecule has 1 unspecified atom stereocenters. The number of nitrogens with zero attached hydrogens (tertiary/aromatic N) is 3. The Morgan fingerprint density at radius 3 is 2.48 bits per heavy atom. The number of carbonyl (C=O) groups excluding carboxylic acids is 1. The van der Waals surface area contributed by atoms with E-state index in [9.17, 15) is 4.79 Å². The van der Waals surface area contributed by atoms with Crippen LogP contribution >= 0.6 is 0 Å². The van der Waals surface area contributed by atoms with Crippen LogP contribution in [0.3, 0.4) is 0 Å². The van der Waals surface area contributed by atoms with E-state index in [0.29, 0.717) is 12.4 Å². The summed E-state index contributed by atoms with van der Waals surface area (Å²) < 4.78 is 5.03. The van der Waals surface area contributed by atoms with Gasteiger partial charge >= 0.3 is 5.97 Å². The molecule has 0 spiro atoms. The third-order valence-corrected chi connectivity index (χ3v) is 3.19. The van der Waals surface area contributed by atoms with Crippen molar-refractivity contribution in [3.05, 3.63) is 42.1 Å². The molecule has 1 heterocycles. The van der Waals surface area contributed by atoms with Crippen LogP contribution in [0.5, 0.6) is 0 Å². The Labute approximate surface area is 137 Å². The number of aromatic nitrogens is 2. The first kappa shape index (κ1) is 18.5. The van der Waals surface area contributed by atoms with E-state index in [4.69, 9.17) is 4.74 Å². The summed E-state index contributed by atoms with van der Waals surface area (Å²) in [5.74, 6) is -0.00888. The second kappa shape index (κ2) is 9.46. The van der Waals surface area contributed by atoms with Gasteiger partial charge in [0.2, 0.25) is 0 Å². The van der Waals surface area contributed by atoms with Crippen LogP contribution in [0, 0.1) is 0 Å². The van der Waals surface area contributed by atoms with Crippen molar-refractivity contribution in [2.24, 2.45) is 4.99 Å². The molecular formula is C18H23N3O2. The van der Waals surface area contributed by atoms with Gasteiger partial charge in [-0.2, -0.15) is 5.10 Å². The third-order valence-electron chi connectivity index (χ3n) is 3.19. The fourth-order valence-electron chi connectivity index (χ4n) is 1.96. The molecule has 122 valence electrons. The Balaban J connectivity index is 0.00000127. The number of hydrogen-bond donors (Lipinski definition) is 0. The van der Waals surface area contributed by atoms with E-state index in [2.05, 4.69) is 21.9 Å². The van der Waals surface area contributed by atoms with Crippen molar-refractivity contribution >= 4 is 18.5 Å². The van der Waals surface area contributed by atoms with Crippen molar-refractivity contribution < 1.29 is 9.53 Å². The molecule has 0 N–H and O–H groups in total. The van der Waals surface area contributed by atoms with Gasteiger partial charge in [0, 0.05) is 5.56 Å². The SMILES string of the molecule is C=Nc1cc(-c2ccc(C(C)C(=O)OCC)cc2)cnn1.CC. The number of esters is 1. The van der Waals surface area contributed by atoms with Gasteiger partial charge in [0.05, 0.1) is 18.7 Å². The second-order valence-corrected chi connectivity index (χ2v) is 4.56. The minimum absolute atomic E-state index is 0.214. The van der Waals surface area contributed by atoms with Crippen LogP contribution in [0.15, 0.2) is 41.5 Å². The summed E-state index contributed by atoms with van der Waals surface area (Å²) in [4.78, 5) is 15.5. The summed E-state index contributed by atoms with van der Waals surface area (Å²) >= 11 is 0. The first-order valence-corrected chi connectivity index (χ1v) is 7.72. The lowest BCUT2D eigenvalue weighted by Gasteiger charge is -2.11. The number of benzene rings is 1. The minimum Gasteiger partial charge on any atom is -0.466 e. The third kappa shape index (κ3) is 4.98. The Kier molecular flexibility index (Phi) is 7.60. The molecule has 2 aromatic rings. The van der Waals surface area contributed by atoms with Crippen molar-refractivity contribution in [2.45, 2.75) is 33.6 Å². The van der Waals surface area contributed by atoms with Gasteiger partial charge in [-0.15, -0.1) is 5.10 Å². The van der Waals surface area contributed by atoms with E-state index in [1.165, 1.54) is 0 Å². The highest BCUT2D eigenvalue weighted by molar-refractivity contribution is 5.78. The monoisotopic (exact) mass is 313 g/mol. The van der Waals surface area contributed by atoms with E-state index in [1.54, 1.807) is 13.1 Å². The van der Waals surface area contributed by atoms with Crippen molar-refractivity contribution in [2.75, 3.05) is 6.61 Å². The lowest BCUT2D eigenvalue weighted by molar-refractivity contribution is -0.144. The molecule has 0 saturated heterocycles. The zero-order chi connectivity index (χ0) is 17.2. The molecule has 23 heavy (non-hydrogen) atoms. The van der Waals surface area contributed by atoms with Crippen LogP contribution in [-0.4, -0.2) is 29.5 Å². The molecule has 0 aliphatic carbocycles. The van der Waals surface area contributed by atoms with Crippen LogP contribution in [0.1, 0.15) is 39.2 Å². The summed E-state index contributed by atoms with van der Waals surface area (Å²) in [6.45, 7) is 11.5. The standard InChI is InChI=1S/C16H17N3O2.C2H6/c1-4-21-16(20)11(2)12-5-7-13(8-6-12)14-9-15(17-3)19-18-10-14;1-2/h5-11H,3-4H2,1-2H3;1-2H3. The van der Waals surface area contributed by atoms with E-state index in [1.807, 2.05) is 51.1 Å². The van der Waals surface area contributed by atoms with Gasteiger partial charge in [-0.25, -0.2) is 4.99 Å². The van der Waals surface area contributed by atoms with Crippen molar-refractivity contribution in [1.29, 1.82) is 0 Å². The highest BCUT2D eigenvalue weighted by atomic mass is 16.5. The second-order valence-electron chi connectivity index (χ2n) is 4.56. The highest BCUT2D eigenvalue weighted by Crippen LogP contribution is 2.24. The molecule has 2 rings (SSSR count). The Morgan fingerprint density at radius 1 is 1.26 bits per heavy atom. The number of hydrogen-bond acceptors (Lipinski definition) is 5. The van der Waals surface area contributed by atoms with Crippen molar-refractivity contribution in [1.82, 2.24) is 10.2 Å². The quantitative estimate of drug-likeness (QED) is 0.614. The highest BCUT2D eigenvalue weighted by Gasteiger charge is 2.16. The van der Waals surface area contributed by atoms with Gasteiger partial charge in [0.15, 0.2) is 5.82 Å². The molecule has 0 fully saturated rings. The molecule has 5 heteroatoms. The molecule has 5 nitrogen and oxygen atoms in total. The maximum absolute atomic E-state index is 11.7. The van der Waals surface area contributed by atoms with Gasteiger partial charge in [0.25, 0.3) is 0 Å². The summed E-state index contributed by atoms with van der Waals surface area (Å²) in [7, 11) is 0. The topological polar surface area (TPSA) is 64.4 Å². The largest absolute Gasteiger partial charge is 0.466 e. The van der Waals surface area contributed by atoms with Gasteiger partial charge in [-0.3, -0.25) is 4.79 Å². The molecule has 0 radical (unpaired) electrons. The smallest absolute Gasteiger partial charge is 0.313 e. The molecular weight excluding hydrogens is 290 g/mol. The molecule has 0 aliphatic heterocycles. The van der Waals surface area contributed by atoms with Crippen LogP contribution in [0.4, 0.5) is 5.82 Å². The lowest BCUT2D eigenvalue weighted by atomic mass is 9.98. The number of rotatable bonds is 5. The summed E-state index contributed by atoms with van der Waals surface area (Å²) in [5, 5.41) is 7.72. The first-order valence-electron chi connectivity index (χ1n) is 7.72. The maximum Gasteiger partial charge on any atom is 0.313 e. The van der Waals surface area contributed by atoms with E-state index >= 15 is 0 Å². The first-order chi connectivity index (χ1) is 11.2. The average Bonchev–Trinajstić information content (AvgIpc) is 2.63. The van der Waals surface area contributed by atoms with Crippen LogP contribution in [0.2, 0.25) is 0 Å². The average molecular weight is 313 g/mol.